The fraction of sp³-hybridized carbons (Fsp3) is 0.769. The van der Waals surface area contributed by atoms with Crippen molar-refractivity contribution in [2.45, 2.75) is 37.8 Å². The molecule has 3 rings (SSSR count). The van der Waals surface area contributed by atoms with Gasteiger partial charge in [0.2, 0.25) is 5.15 Å². The van der Waals surface area contributed by atoms with Crippen LogP contribution in [0.5, 0.6) is 0 Å². The van der Waals surface area contributed by atoms with Crippen LogP contribution in [0.2, 0.25) is 5.15 Å². The Labute approximate surface area is 128 Å². The third-order valence-electron chi connectivity index (χ3n) is 4.45. The standard InChI is InChI=1S/C13H19ClN4O3/c14-13-12(18(19)20)9-17(15-13)11-1-5-16(6-2-11)10-3-7-21-8-4-10/h9-11H,1-8H2. The van der Waals surface area contributed by atoms with Gasteiger partial charge in [0, 0.05) is 32.3 Å². The van der Waals surface area contributed by atoms with E-state index in [1.54, 1.807) is 4.68 Å². The van der Waals surface area contributed by atoms with Gasteiger partial charge in [-0.15, -0.1) is 0 Å². The third-order valence-corrected chi connectivity index (χ3v) is 4.72. The summed E-state index contributed by atoms with van der Waals surface area (Å²) in [6, 6.07) is 0.822. The summed E-state index contributed by atoms with van der Waals surface area (Å²) in [5.74, 6) is 0. The zero-order valence-corrected chi connectivity index (χ0v) is 12.5. The van der Waals surface area contributed by atoms with Crippen molar-refractivity contribution in [2.24, 2.45) is 0 Å². The maximum absolute atomic E-state index is 10.8. The van der Waals surface area contributed by atoms with E-state index in [4.69, 9.17) is 16.3 Å². The molecule has 2 fully saturated rings. The molecule has 0 radical (unpaired) electrons. The van der Waals surface area contributed by atoms with Crippen molar-refractivity contribution in [1.29, 1.82) is 0 Å². The molecule has 21 heavy (non-hydrogen) atoms. The highest BCUT2D eigenvalue weighted by atomic mass is 35.5. The van der Waals surface area contributed by atoms with E-state index in [9.17, 15) is 10.1 Å². The monoisotopic (exact) mass is 314 g/mol. The number of halogens is 1. The van der Waals surface area contributed by atoms with Gasteiger partial charge in [0.15, 0.2) is 0 Å². The first-order valence-corrected chi connectivity index (χ1v) is 7.74. The van der Waals surface area contributed by atoms with Crippen LogP contribution >= 0.6 is 11.6 Å². The minimum absolute atomic E-state index is 0.0214. The van der Waals surface area contributed by atoms with E-state index in [1.165, 1.54) is 6.20 Å². The van der Waals surface area contributed by atoms with Crippen LogP contribution in [-0.4, -0.2) is 51.9 Å². The van der Waals surface area contributed by atoms with Gasteiger partial charge in [0.1, 0.15) is 6.20 Å². The first kappa shape index (κ1) is 14.7. The molecule has 0 aliphatic carbocycles. The molecule has 116 valence electrons. The van der Waals surface area contributed by atoms with Crippen LogP contribution in [0.4, 0.5) is 5.69 Å². The van der Waals surface area contributed by atoms with Gasteiger partial charge in [-0.1, -0.05) is 11.6 Å². The normalized spacial score (nSPS) is 22.5. The van der Waals surface area contributed by atoms with Gasteiger partial charge >= 0.3 is 5.69 Å². The Kier molecular flexibility index (Phi) is 4.42. The van der Waals surface area contributed by atoms with Crippen molar-refractivity contribution >= 4 is 17.3 Å². The van der Waals surface area contributed by atoms with E-state index < -0.39 is 4.92 Å². The Morgan fingerprint density at radius 2 is 1.90 bits per heavy atom. The van der Waals surface area contributed by atoms with Crippen LogP contribution in [0.25, 0.3) is 0 Å². The fourth-order valence-corrected chi connectivity index (χ4v) is 3.44. The molecule has 2 saturated heterocycles. The zero-order valence-electron chi connectivity index (χ0n) is 11.8. The Hall–Kier alpha value is -1.18. The molecule has 1 aromatic rings. The molecule has 8 heteroatoms. The minimum Gasteiger partial charge on any atom is -0.381 e. The molecule has 0 aromatic carbocycles. The van der Waals surface area contributed by atoms with Gasteiger partial charge in [0.25, 0.3) is 0 Å². The van der Waals surface area contributed by atoms with Crippen LogP contribution in [0, 0.1) is 10.1 Å². The number of aromatic nitrogens is 2. The van der Waals surface area contributed by atoms with Crippen LogP contribution in [-0.2, 0) is 4.74 Å². The zero-order chi connectivity index (χ0) is 14.8. The van der Waals surface area contributed by atoms with Gasteiger partial charge < -0.3 is 9.64 Å². The molecule has 0 bridgehead atoms. The van der Waals surface area contributed by atoms with Crippen molar-refractivity contribution in [3.05, 3.63) is 21.5 Å². The number of hydrogen-bond acceptors (Lipinski definition) is 5. The second-order valence-electron chi connectivity index (χ2n) is 5.65. The number of rotatable bonds is 3. The van der Waals surface area contributed by atoms with E-state index >= 15 is 0 Å². The van der Waals surface area contributed by atoms with Crippen LogP contribution < -0.4 is 0 Å². The minimum atomic E-state index is -0.483. The lowest BCUT2D eigenvalue weighted by Crippen LogP contribution is -2.44. The number of piperidine rings is 1. The quantitative estimate of drug-likeness (QED) is 0.632. The van der Waals surface area contributed by atoms with Crippen LogP contribution in [0.1, 0.15) is 31.7 Å². The second kappa shape index (κ2) is 6.29. The SMILES string of the molecule is O=[N+]([O-])c1cn(C2CCN(C3CCOCC3)CC2)nc1Cl. The number of nitro groups is 1. The lowest BCUT2D eigenvalue weighted by atomic mass is 10.00. The van der Waals surface area contributed by atoms with E-state index in [2.05, 4.69) is 10.00 Å². The largest absolute Gasteiger partial charge is 0.381 e. The summed E-state index contributed by atoms with van der Waals surface area (Å²) < 4.78 is 7.07. The average molecular weight is 315 g/mol. The van der Waals surface area contributed by atoms with E-state index in [1.807, 2.05) is 0 Å². The fourth-order valence-electron chi connectivity index (χ4n) is 3.24. The number of ether oxygens (including phenoxy) is 1. The molecular weight excluding hydrogens is 296 g/mol. The predicted octanol–water partition coefficient (Wildman–Crippen LogP) is 2.26. The first-order chi connectivity index (χ1) is 10.1. The molecule has 0 unspecified atom stereocenters. The molecule has 2 aliphatic rings. The number of likely N-dealkylation sites (tertiary alicyclic amines) is 1. The topological polar surface area (TPSA) is 73.4 Å². The second-order valence-corrected chi connectivity index (χ2v) is 6.01. The van der Waals surface area contributed by atoms with Gasteiger partial charge in [0.05, 0.1) is 11.0 Å². The number of nitrogens with zero attached hydrogens (tertiary/aromatic N) is 4. The highest BCUT2D eigenvalue weighted by molar-refractivity contribution is 6.31. The summed E-state index contributed by atoms with van der Waals surface area (Å²) in [7, 11) is 0. The van der Waals surface area contributed by atoms with Crippen molar-refractivity contribution in [3.63, 3.8) is 0 Å². The van der Waals surface area contributed by atoms with Crippen LogP contribution in [0.15, 0.2) is 6.20 Å². The molecule has 0 amide bonds. The summed E-state index contributed by atoms with van der Waals surface area (Å²) >= 11 is 5.81. The molecule has 0 saturated carbocycles. The maximum Gasteiger partial charge on any atom is 0.325 e. The smallest absolute Gasteiger partial charge is 0.325 e. The first-order valence-electron chi connectivity index (χ1n) is 7.36. The Morgan fingerprint density at radius 3 is 2.48 bits per heavy atom. The van der Waals surface area contributed by atoms with Gasteiger partial charge in [-0.05, 0) is 25.7 Å². The van der Waals surface area contributed by atoms with Gasteiger partial charge in [-0.2, -0.15) is 5.10 Å². The summed E-state index contributed by atoms with van der Waals surface area (Å²) in [6.07, 6.45) is 5.56. The molecular formula is C13H19ClN4O3. The third kappa shape index (κ3) is 3.20. The maximum atomic E-state index is 10.8. The lowest BCUT2D eigenvalue weighted by Gasteiger charge is -2.39. The number of hydrogen-bond donors (Lipinski definition) is 0. The summed E-state index contributed by atoms with van der Waals surface area (Å²) in [5, 5.41) is 14.9. The molecule has 2 aliphatic heterocycles. The van der Waals surface area contributed by atoms with Crippen LogP contribution in [0.3, 0.4) is 0 Å². The van der Waals surface area contributed by atoms with E-state index in [0.717, 1.165) is 52.0 Å². The van der Waals surface area contributed by atoms with Crippen molar-refractivity contribution in [1.82, 2.24) is 14.7 Å². The Balaban J connectivity index is 1.60. The molecule has 0 N–H and O–H groups in total. The van der Waals surface area contributed by atoms with E-state index in [0.29, 0.717) is 6.04 Å². The van der Waals surface area contributed by atoms with Crippen molar-refractivity contribution < 1.29 is 9.66 Å². The summed E-state index contributed by atoms with van der Waals surface area (Å²) in [5.41, 5.74) is -0.108. The Morgan fingerprint density at radius 1 is 1.24 bits per heavy atom. The summed E-state index contributed by atoms with van der Waals surface area (Å²) in [4.78, 5) is 12.9. The van der Waals surface area contributed by atoms with Crippen molar-refractivity contribution in [3.8, 4) is 0 Å². The molecule has 1 aromatic heterocycles. The Bertz CT molecular complexity index is 508. The van der Waals surface area contributed by atoms with Crippen molar-refractivity contribution in [2.75, 3.05) is 26.3 Å². The summed E-state index contributed by atoms with van der Waals surface area (Å²) in [6.45, 7) is 3.71. The highest BCUT2D eigenvalue weighted by Crippen LogP contribution is 2.29. The molecule has 3 heterocycles. The average Bonchev–Trinajstić information content (AvgIpc) is 2.90. The van der Waals surface area contributed by atoms with Gasteiger partial charge in [-0.3, -0.25) is 14.8 Å². The van der Waals surface area contributed by atoms with Gasteiger partial charge in [-0.25, -0.2) is 0 Å². The predicted molar refractivity (Wildman–Crippen MR) is 77.6 cm³/mol. The molecule has 0 spiro atoms. The molecule has 7 nitrogen and oxygen atoms in total. The lowest BCUT2D eigenvalue weighted by molar-refractivity contribution is -0.384. The van der Waals surface area contributed by atoms with E-state index in [-0.39, 0.29) is 16.9 Å². The highest BCUT2D eigenvalue weighted by Gasteiger charge is 2.29. The molecule has 0 atom stereocenters.